The quantitative estimate of drug-likeness (QED) is 0.662. The SMILES string of the molecule is CNC(=O)[C@]1(Cc2ccccc2-c2cncnc2)CCCN(Cc2cccc(C)c2)C1. The minimum absolute atomic E-state index is 0.126. The van der Waals surface area contributed by atoms with Crippen LogP contribution in [0.5, 0.6) is 0 Å². The van der Waals surface area contributed by atoms with Gasteiger partial charge in [0.2, 0.25) is 5.91 Å². The van der Waals surface area contributed by atoms with Crippen molar-refractivity contribution < 1.29 is 4.79 Å². The molecule has 5 heteroatoms. The molecule has 1 amide bonds. The lowest BCUT2D eigenvalue weighted by atomic mass is 9.73. The lowest BCUT2D eigenvalue weighted by Crippen LogP contribution is -2.52. The Bertz CT molecular complexity index is 1040. The molecule has 2 heterocycles. The van der Waals surface area contributed by atoms with Crippen LogP contribution in [0.15, 0.2) is 67.3 Å². The Balaban J connectivity index is 1.63. The predicted molar refractivity (Wildman–Crippen MR) is 123 cm³/mol. The molecule has 5 nitrogen and oxygen atoms in total. The van der Waals surface area contributed by atoms with Gasteiger partial charge in [-0.15, -0.1) is 0 Å². The van der Waals surface area contributed by atoms with Gasteiger partial charge in [0.25, 0.3) is 0 Å². The average Bonchev–Trinajstić information content (AvgIpc) is 2.80. The van der Waals surface area contributed by atoms with E-state index >= 15 is 0 Å². The van der Waals surface area contributed by atoms with Crippen LogP contribution in [0.1, 0.15) is 29.5 Å². The molecule has 0 aliphatic carbocycles. The third-order valence-electron chi connectivity index (χ3n) is 6.27. The lowest BCUT2D eigenvalue weighted by Gasteiger charge is -2.42. The number of aromatic nitrogens is 2. The summed E-state index contributed by atoms with van der Waals surface area (Å²) in [5, 5.41) is 2.96. The Morgan fingerprint density at radius 2 is 1.94 bits per heavy atom. The smallest absolute Gasteiger partial charge is 0.227 e. The molecule has 1 aromatic heterocycles. The summed E-state index contributed by atoms with van der Waals surface area (Å²) in [6.45, 7) is 4.76. The number of piperidine rings is 1. The molecular formula is C26H30N4O. The summed E-state index contributed by atoms with van der Waals surface area (Å²) in [7, 11) is 1.75. The van der Waals surface area contributed by atoms with Crippen molar-refractivity contribution in [2.24, 2.45) is 5.41 Å². The van der Waals surface area contributed by atoms with Gasteiger partial charge < -0.3 is 5.32 Å². The van der Waals surface area contributed by atoms with Gasteiger partial charge in [0.1, 0.15) is 6.33 Å². The van der Waals surface area contributed by atoms with E-state index in [2.05, 4.69) is 63.5 Å². The van der Waals surface area contributed by atoms with Crippen LogP contribution >= 0.6 is 0 Å². The summed E-state index contributed by atoms with van der Waals surface area (Å²) in [5.41, 5.74) is 5.36. The first-order valence-electron chi connectivity index (χ1n) is 10.9. The first-order valence-corrected chi connectivity index (χ1v) is 10.9. The standard InChI is InChI=1S/C26H30N4O/c1-20-7-5-8-21(13-20)17-30-12-6-11-26(18-30,25(31)27-2)14-22-9-3-4-10-24(22)23-15-28-19-29-16-23/h3-5,7-10,13,15-16,19H,6,11-12,14,17-18H2,1-2H3,(H,27,31)/t26-/m0/s1. The molecule has 2 aromatic carbocycles. The molecule has 0 radical (unpaired) electrons. The fourth-order valence-electron chi connectivity index (χ4n) is 4.86. The Kier molecular flexibility index (Phi) is 6.42. The third-order valence-corrected chi connectivity index (χ3v) is 6.27. The van der Waals surface area contributed by atoms with Crippen LogP contribution in [0.4, 0.5) is 0 Å². The molecule has 0 saturated carbocycles. The highest BCUT2D eigenvalue weighted by Crippen LogP contribution is 2.37. The number of rotatable bonds is 6. The van der Waals surface area contributed by atoms with E-state index in [4.69, 9.17) is 0 Å². The van der Waals surface area contributed by atoms with Crippen LogP contribution in [0, 0.1) is 12.3 Å². The molecule has 1 N–H and O–H groups in total. The normalized spacial score (nSPS) is 19.2. The molecule has 160 valence electrons. The van der Waals surface area contributed by atoms with Crippen molar-refractivity contribution in [3.63, 3.8) is 0 Å². The number of amides is 1. The number of hydrogen-bond donors (Lipinski definition) is 1. The van der Waals surface area contributed by atoms with E-state index in [1.807, 2.05) is 24.5 Å². The zero-order valence-electron chi connectivity index (χ0n) is 18.3. The summed E-state index contributed by atoms with van der Waals surface area (Å²) in [6, 6.07) is 17.0. The highest BCUT2D eigenvalue weighted by Gasteiger charge is 2.42. The van der Waals surface area contributed by atoms with Crippen molar-refractivity contribution in [2.45, 2.75) is 32.7 Å². The Morgan fingerprint density at radius 1 is 1.13 bits per heavy atom. The first-order chi connectivity index (χ1) is 15.1. The van der Waals surface area contributed by atoms with Crippen LogP contribution in [0.3, 0.4) is 0 Å². The molecule has 3 aromatic rings. The minimum atomic E-state index is -0.456. The van der Waals surface area contributed by atoms with Gasteiger partial charge in [0.15, 0.2) is 0 Å². The number of benzene rings is 2. The largest absolute Gasteiger partial charge is 0.359 e. The van der Waals surface area contributed by atoms with Gasteiger partial charge in [-0.05, 0) is 49.4 Å². The van der Waals surface area contributed by atoms with Crippen molar-refractivity contribution in [2.75, 3.05) is 20.1 Å². The second-order valence-corrected chi connectivity index (χ2v) is 8.62. The number of hydrogen-bond acceptors (Lipinski definition) is 4. The Labute approximate surface area is 184 Å². The Morgan fingerprint density at radius 3 is 2.71 bits per heavy atom. The summed E-state index contributed by atoms with van der Waals surface area (Å²) < 4.78 is 0. The summed E-state index contributed by atoms with van der Waals surface area (Å²) >= 11 is 0. The maximum absolute atomic E-state index is 13.2. The molecule has 0 unspecified atom stereocenters. The highest BCUT2D eigenvalue weighted by molar-refractivity contribution is 5.83. The maximum Gasteiger partial charge on any atom is 0.227 e. The van der Waals surface area contributed by atoms with E-state index in [-0.39, 0.29) is 5.91 Å². The van der Waals surface area contributed by atoms with Crippen molar-refractivity contribution >= 4 is 5.91 Å². The van der Waals surface area contributed by atoms with E-state index < -0.39 is 5.41 Å². The molecule has 1 saturated heterocycles. The van der Waals surface area contributed by atoms with Gasteiger partial charge in [-0.25, -0.2) is 9.97 Å². The van der Waals surface area contributed by atoms with Crippen molar-refractivity contribution in [3.8, 4) is 11.1 Å². The van der Waals surface area contributed by atoms with E-state index in [0.717, 1.165) is 43.6 Å². The van der Waals surface area contributed by atoms with E-state index in [1.165, 1.54) is 16.7 Å². The zero-order chi connectivity index (χ0) is 21.7. The number of carbonyl (C=O) groups is 1. The van der Waals surface area contributed by atoms with Gasteiger partial charge in [0, 0.05) is 38.1 Å². The molecule has 0 spiro atoms. The topological polar surface area (TPSA) is 58.1 Å². The highest BCUT2D eigenvalue weighted by atomic mass is 16.2. The molecule has 0 bridgehead atoms. The lowest BCUT2D eigenvalue weighted by molar-refractivity contribution is -0.134. The average molecular weight is 415 g/mol. The molecule has 4 rings (SSSR count). The van der Waals surface area contributed by atoms with E-state index in [9.17, 15) is 4.79 Å². The fraction of sp³-hybridized carbons (Fsp3) is 0.346. The van der Waals surface area contributed by atoms with Crippen molar-refractivity contribution in [1.82, 2.24) is 20.2 Å². The van der Waals surface area contributed by atoms with E-state index in [1.54, 1.807) is 13.4 Å². The van der Waals surface area contributed by atoms with Crippen molar-refractivity contribution in [3.05, 3.63) is 83.9 Å². The van der Waals surface area contributed by atoms with Crippen LogP contribution in [-0.2, 0) is 17.8 Å². The summed E-state index contributed by atoms with van der Waals surface area (Å²) in [6.07, 6.45) is 7.81. The molecule has 1 aliphatic heterocycles. The fourth-order valence-corrected chi connectivity index (χ4v) is 4.86. The van der Waals surface area contributed by atoms with Gasteiger partial charge in [-0.2, -0.15) is 0 Å². The van der Waals surface area contributed by atoms with E-state index in [0.29, 0.717) is 6.42 Å². The molecule has 31 heavy (non-hydrogen) atoms. The molecule has 1 fully saturated rings. The van der Waals surface area contributed by atoms with Crippen LogP contribution in [0.2, 0.25) is 0 Å². The number of nitrogens with zero attached hydrogens (tertiary/aromatic N) is 3. The number of likely N-dealkylation sites (tertiary alicyclic amines) is 1. The summed E-state index contributed by atoms with van der Waals surface area (Å²) in [4.78, 5) is 24.0. The molecule has 1 aliphatic rings. The molecular weight excluding hydrogens is 384 g/mol. The van der Waals surface area contributed by atoms with Gasteiger partial charge in [-0.3, -0.25) is 9.69 Å². The molecule has 1 atom stereocenters. The summed E-state index contributed by atoms with van der Waals surface area (Å²) in [5.74, 6) is 0.126. The maximum atomic E-state index is 13.2. The first kappa shape index (κ1) is 21.2. The minimum Gasteiger partial charge on any atom is -0.359 e. The van der Waals surface area contributed by atoms with Gasteiger partial charge >= 0.3 is 0 Å². The third kappa shape index (κ3) is 4.83. The van der Waals surface area contributed by atoms with Crippen LogP contribution in [0.25, 0.3) is 11.1 Å². The van der Waals surface area contributed by atoms with Gasteiger partial charge in [0.05, 0.1) is 5.41 Å². The number of aryl methyl sites for hydroxylation is 1. The Hall–Kier alpha value is -3.05. The second-order valence-electron chi connectivity index (χ2n) is 8.62. The second kappa shape index (κ2) is 9.40. The van der Waals surface area contributed by atoms with Crippen LogP contribution < -0.4 is 5.32 Å². The predicted octanol–water partition coefficient (Wildman–Crippen LogP) is 4.02. The van der Waals surface area contributed by atoms with Crippen molar-refractivity contribution in [1.29, 1.82) is 0 Å². The van der Waals surface area contributed by atoms with Crippen LogP contribution in [-0.4, -0.2) is 40.9 Å². The monoisotopic (exact) mass is 414 g/mol. The number of nitrogens with one attached hydrogen (secondary N) is 1. The van der Waals surface area contributed by atoms with Gasteiger partial charge in [-0.1, -0.05) is 54.1 Å². The zero-order valence-corrected chi connectivity index (χ0v) is 18.3. The number of carbonyl (C=O) groups excluding carboxylic acids is 1.